The first kappa shape index (κ1) is 22.7. The molecule has 0 N–H and O–H groups in total. The Kier molecular flexibility index (Phi) is 5.95. The normalized spacial score (nSPS) is 11.4. The molecule has 0 radical (unpaired) electrons. The molecule has 3 heteroatoms. The molecule has 6 aromatic rings. The monoisotopic (exact) mass is 482 g/mol. The van der Waals surface area contributed by atoms with Crippen molar-refractivity contribution >= 4 is 44.5 Å². The third-order valence-electron chi connectivity index (χ3n) is 6.67. The lowest BCUT2D eigenvalue weighted by atomic mass is 9.94. The van der Waals surface area contributed by atoms with Crippen LogP contribution in [0.25, 0.3) is 44.5 Å². The van der Waals surface area contributed by atoms with E-state index in [1.165, 1.54) is 32.3 Å². The molecule has 0 bridgehead atoms. The first-order valence-corrected chi connectivity index (χ1v) is 12.2. The van der Waals surface area contributed by atoms with E-state index in [0.29, 0.717) is 0 Å². The summed E-state index contributed by atoms with van der Waals surface area (Å²) in [6.45, 7) is 0. The van der Waals surface area contributed by atoms with E-state index in [9.17, 15) is 0 Å². The van der Waals surface area contributed by atoms with Crippen LogP contribution in [0.2, 0.25) is 0 Å². The predicted molar refractivity (Wildman–Crippen MR) is 154 cm³/mol. The Morgan fingerprint density at radius 2 is 0.892 bits per heavy atom. The van der Waals surface area contributed by atoms with Crippen LogP contribution in [0.15, 0.2) is 109 Å². The van der Waals surface area contributed by atoms with Gasteiger partial charge in [0.2, 0.25) is 0 Å². The fourth-order valence-corrected chi connectivity index (χ4v) is 4.85. The molecular formula is C34H26O3. The fourth-order valence-electron chi connectivity index (χ4n) is 4.85. The second kappa shape index (κ2) is 9.71. The Morgan fingerprint density at radius 1 is 0.405 bits per heavy atom. The van der Waals surface area contributed by atoms with Crippen molar-refractivity contribution in [3.8, 4) is 23.0 Å². The van der Waals surface area contributed by atoms with Crippen LogP contribution in [0.3, 0.4) is 0 Å². The minimum Gasteiger partial charge on any atom is -0.497 e. The molecule has 0 unspecified atom stereocenters. The average molecular weight is 483 g/mol. The van der Waals surface area contributed by atoms with Crippen molar-refractivity contribution in [1.29, 1.82) is 0 Å². The molecule has 0 spiro atoms. The van der Waals surface area contributed by atoms with E-state index < -0.39 is 0 Å². The van der Waals surface area contributed by atoms with Crippen molar-refractivity contribution in [1.82, 2.24) is 0 Å². The van der Waals surface area contributed by atoms with E-state index in [-0.39, 0.29) is 0 Å². The van der Waals surface area contributed by atoms with Gasteiger partial charge in [0.25, 0.3) is 0 Å². The quantitative estimate of drug-likeness (QED) is 0.175. The Hall–Kier alpha value is -4.76. The molecule has 0 aliphatic carbocycles. The van der Waals surface area contributed by atoms with Gasteiger partial charge in [0.15, 0.2) is 0 Å². The van der Waals surface area contributed by atoms with E-state index in [1.54, 1.807) is 14.2 Å². The van der Waals surface area contributed by atoms with Crippen LogP contribution in [0.4, 0.5) is 0 Å². The molecule has 3 nitrogen and oxygen atoms in total. The third-order valence-corrected chi connectivity index (χ3v) is 6.67. The average Bonchev–Trinajstić information content (AvgIpc) is 2.96. The highest BCUT2D eigenvalue weighted by Crippen LogP contribution is 2.37. The number of fused-ring (bicyclic) bond motifs is 6. The van der Waals surface area contributed by atoms with Crippen molar-refractivity contribution in [3.05, 3.63) is 120 Å². The van der Waals surface area contributed by atoms with Crippen molar-refractivity contribution in [2.45, 2.75) is 0 Å². The maximum atomic E-state index is 6.27. The van der Waals surface area contributed by atoms with Crippen LogP contribution < -0.4 is 14.2 Å². The van der Waals surface area contributed by atoms with Crippen LogP contribution in [0, 0.1) is 0 Å². The third kappa shape index (κ3) is 4.48. The summed E-state index contributed by atoms with van der Waals surface area (Å²) in [5.41, 5.74) is 2.08. The van der Waals surface area contributed by atoms with E-state index in [4.69, 9.17) is 14.2 Å². The summed E-state index contributed by atoms with van der Waals surface area (Å²) >= 11 is 0. The van der Waals surface area contributed by atoms with Crippen LogP contribution >= 0.6 is 0 Å². The van der Waals surface area contributed by atoms with Crippen molar-refractivity contribution < 1.29 is 14.2 Å². The zero-order valence-electron chi connectivity index (χ0n) is 20.8. The van der Waals surface area contributed by atoms with Crippen molar-refractivity contribution in [2.24, 2.45) is 0 Å². The molecule has 180 valence electrons. The van der Waals surface area contributed by atoms with Gasteiger partial charge in [-0.15, -0.1) is 0 Å². The maximum Gasteiger partial charge on any atom is 0.128 e. The number of benzene rings is 6. The Morgan fingerprint density at radius 3 is 1.46 bits per heavy atom. The highest BCUT2D eigenvalue weighted by atomic mass is 16.5. The highest BCUT2D eigenvalue weighted by molar-refractivity contribution is 6.25. The SMILES string of the molecule is COc1cc(/C=C/c2ccc(Oc3ccc4c5ccccc5c5ccccc5c4c3)cc2)cc(OC)c1. The van der Waals surface area contributed by atoms with Crippen molar-refractivity contribution in [2.75, 3.05) is 14.2 Å². The van der Waals surface area contributed by atoms with Crippen molar-refractivity contribution in [3.63, 3.8) is 0 Å². The van der Waals surface area contributed by atoms with Crippen LogP contribution in [-0.4, -0.2) is 14.2 Å². The van der Waals surface area contributed by atoms with Gasteiger partial charge in [-0.1, -0.05) is 78.9 Å². The summed E-state index contributed by atoms with van der Waals surface area (Å²) in [5, 5.41) is 7.45. The molecule has 0 aliphatic heterocycles. The second-order valence-electron chi connectivity index (χ2n) is 8.95. The van der Waals surface area contributed by atoms with E-state index in [0.717, 1.165) is 34.1 Å². The summed E-state index contributed by atoms with van der Waals surface area (Å²) in [5.74, 6) is 3.14. The molecule has 6 aromatic carbocycles. The van der Waals surface area contributed by atoms with Gasteiger partial charge in [-0.05, 0) is 79.8 Å². The van der Waals surface area contributed by atoms with Crippen LogP contribution in [-0.2, 0) is 0 Å². The Balaban J connectivity index is 1.28. The first-order valence-electron chi connectivity index (χ1n) is 12.2. The first-order chi connectivity index (χ1) is 18.2. The van der Waals surface area contributed by atoms with Gasteiger partial charge in [-0.2, -0.15) is 0 Å². The lowest BCUT2D eigenvalue weighted by Crippen LogP contribution is -1.88. The molecule has 0 saturated heterocycles. The number of ether oxygens (including phenoxy) is 3. The van der Waals surface area contributed by atoms with E-state index in [2.05, 4.69) is 66.7 Å². The smallest absolute Gasteiger partial charge is 0.128 e. The Bertz CT molecular complexity index is 1710. The molecule has 0 saturated carbocycles. The summed E-state index contributed by atoms with van der Waals surface area (Å²) < 4.78 is 17.0. The van der Waals surface area contributed by atoms with Gasteiger partial charge in [0.05, 0.1) is 14.2 Å². The topological polar surface area (TPSA) is 27.7 Å². The summed E-state index contributed by atoms with van der Waals surface area (Å²) in [6.07, 6.45) is 4.10. The van der Waals surface area contributed by atoms with Gasteiger partial charge in [0.1, 0.15) is 23.0 Å². The zero-order chi connectivity index (χ0) is 25.2. The number of hydrogen-bond acceptors (Lipinski definition) is 3. The largest absolute Gasteiger partial charge is 0.497 e. The summed E-state index contributed by atoms with van der Waals surface area (Å²) in [6, 6.07) is 37.4. The number of methoxy groups -OCH3 is 2. The molecule has 0 aliphatic rings. The molecule has 0 fully saturated rings. The lowest BCUT2D eigenvalue weighted by molar-refractivity contribution is 0.394. The van der Waals surface area contributed by atoms with Crippen LogP contribution in [0.1, 0.15) is 11.1 Å². The standard InChI is InChI=1S/C34H26O3/c1-35-27-19-24(20-28(21-27)36-2)12-11-23-13-15-25(16-14-23)37-26-17-18-33-31-9-4-3-7-29(31)30-8-5-6-10-32(30)34(33)22-26/h3-22H,1-2H3/b12-11+. The van der Waals surface area contributed by atoms with Gasteiger partial charge in [0, 0.05) is 6.07 Å². The predicted octanol–water partition coefficient (Wildman–Crippen LogP) is 9.13. The van der Waals surface area contributed by atoms with Crippen LogP contribution in [0.5, 0.6) is 23.0 Å². The molecule has 0 atom stereocenters. The summed E-state index contributed by atoms with van der Waals surface area (Å²) in [7, 11) is 3.31. The molecule has 6 rings (SSSR count). The lowest BCUT2D eigenvalue weighted by Gasteiger charge is -2.12. The van der Waals surface area contributed by atoms with E-state index in [1.807, 2.05) is 54.6 Å². The molecule has 0 aromatic heterocycles. The van der Waals surface area contributed by atoms with Gasteiger partial charge in [-0.3, -0.25) is 0 Å². The zero-order valence-corrected chi connectivity index (χ0v) is 20.8. The minimum atomic E-state index is 0.763. The van der Waals surface area contributed by atoms with Gasteiger partial charge >= 0.3 is 0 Å². The minimum absolute atomic E-state index is 0.763. The second-order valence-corrected chi connectivity index (χ2v) is 8.95. The molecule has 0 heterocycles. The fraction of sp³-hybridized carbons (Fsp3) is 0.0588. The van der Waals surface area contributed by atoms with E-state index >= 15 is 0 Å². The summed E-state index contributed by atoms with van der Waals surface area (Å²) in [4.78, 5) is 0. The Labute approximate surface area is 216 Å². The van der Waals surface area contributed by atoms with Gasteiger partial charge in [-0.25, -0.2) is 0 Å². The molecule has 37 heavy (non-hydrogen) atoms. The molecule has 0 amide bonds. The number of rotatable bonds is 6. The highest BCUT2D eigenvalue weighted by Gasteiger charge is 2.09. The number of hydrogen-bond donors (Lipinski definition) is 0. The maximum absolute atomic E-state index is 6.27. The molecular weight excluding hydrogens is 456 g/mol. The van der Waals surface area contributed by atoms with Gasteiger partial charge < -0.3 is 14.2 Å².